The molecule has 6 nitrogen and oxygen atoms in total. The standard InChI is InChI=1S/C16H13BrF3N3O3S/c1-3-27(25,26)11-6-8(17)4-5-9(11)14-21-10-7-12(16(18,19)20)22-15(24)13(10)23(14)2/h4-7H,3H2,1-2H3,(H,22,24). The molecule has 0 aliphatic rings. The van der Waals surface area contributed by atoms with Crippen LogP contribution in [0.5, 0.6) is 0 Å². The molecule has 3 aromatic rings. The number of fused-ring (bicyclic) bond motifs is 1. The Bertz CT molecular complexity index is 1210. The number of aromatic nitrogens is 3. The molecular formula is C16H13BrF3N3O3S. The number of H-pyrrole nitrogens is 1. The second-order valence-corrected chi connectivity index (χ2v) is 8.94. The van der Waals surface area contributed by atoms with Crippen molar-refractivity contribution in [2.75, 3.05) is 5.75 Å². The number of rotatable bonds is 3. The SMILES string of the molecule is CCS(=O)(=O)c1cc(Br)ccc1-c1nc2cc(C(F)(F)F)[nH]c(=O)c2n1C. The summed E-state index contributed by atoms with van der Waals surface area (Å²) in [5.41, 5.74) is -2.24. The minimum absolute atomic E-state index is 0.0229. The van der Waals surface area contributed by atoms with Crippen LogP contribution < -0.4 is 5.56 Å². The molecule has 3 rings (SSSR count). The van der Waals surface area contributed by atoms with E-state index in [-0.39, 0.29) is 33.1 Å². The fourth-order valence-corrected chi connectivity index (χ4v) is 4.36. The lowest BCUT2D eigenvalue weighted by Gasteiger charge is -2.10. The summed E-state index contributed by atoms with van der Waals surface area (Å²) < 4.78 is 65.6. The number of sulfone groups is 1. The van der Waals surface area contributed by atoms with Crippen LogP contribution in [0.15, 0.2) is 38.4 Å². The molecule has 0 aliphatic carbocycles. The third kappa shape index (κ3) is 3.41. The number of benzene rings is 1. The first-order chi connectivity index (χ1) is 12.5. The van der Waals surface area contributed by atoms with Crippen LogP contribution in [0.1, 0.15) is 12.6 Å². The van der Waals surface area contributed by atoms with Crippen LogP contribution in [0.3, 0.4) is 0 Å². The number of aromatic amines is 1. The molecule has 27 heavy (non-hydrogen) atoms. The molecule has 0 amide bonds. The molecule has 0 atom stereocenters. The number of imidazole rings is 1. The van der Waals surface area contributed by atoms with E-state index in [1.54, 1.807) is 11.1 Å². The van der Waals surface area contributed by atoms with Crippen molar-refractivity contribution in [3.05, 3.63) is 44.8 Å². The van der Waals surface area contributed by atoms with Crippen molar-refractivity contribution >= 4 is 36.8 Å². The molecule has 0 spiro atoms. The molecule has 144 valence electrons. The molecule has 0 saturated carbocycles. The highest BCUT2D eigenvalue weighted by molar-refractivity contribution is 9.10. The van der Waals surface area contributed by atoms with Gasteiger partial charge in [-0.2, -0.15) is 13.2 Å². The summed E-state index contributed by atoms with van der Waals surface area (Å²) in [5, 5.41) is 0. The van der Waals surface area contributed by atoms with Gasteiger partial charge < -0.3 is 9.55 Å². The topological polar surface area (TPSA) is 84.8 Å². The molecule has 0 radical (unpaired) electrons. The van der Waals surface area contributed by atoms with Gasteiger partial charge in [-0.3, -0.25) is 4.79 Å². The summed E-state index contributed by atoms with van der Waals surface area (Å²) in [5.74, 6) is -0.0894. The summed E-state index contributed by atoms with van der Waals surface area (Å²) in [6.07, 6.45) is -4.74. The predicted molar refractivity (Wildman–Crippen MR) is 97.2 cm³/mol. The molecule has 1 aromatic carbocycles. The maximum absolute atomic E-state index is 12.9. The quantitative estimate of drug-likeness (QED) is 0.643. The summed E-state index contributed by atoms with van der Waals surface area (Å²) >= 11 is 3.22. The fourth-order valence-electron chi connectivity index (χ4n) is 2.73. The van der Waals surface area contributed by atoms with Crippen LogP contribution in [-0.4, -0.2) is 28.7 Å². The van der Waals surface area contributed by atoms with E-state index in [0.29, 0.717) is 4.47 Å². The van der Waals surface area contributed by atoms with Crippen molar-refractivity contribution in [2.45, 2.75) is 18.0 Å². The summed E-state index contributed by atoms with van der Waals surface area (Å²) in [4.78, 5) is 18.1. The smallest absolute Gasteiger partial charge is 0.323 e. The minimum atomic E-state index is -4.74. The average Bonchev–Trinajstić information content (AvgIpc) is 2.91. The number of halogens is 4. The average molecular weight is 464 g/mol. The number of nitrogens with one attached hydrogen (secondary N) is 1. The second-order valence-electron chi connectivity index (χ2n) is 5.78. The number of pyridine rings is 1. The Labute approximate surface area is 160 Å². The third-order valence-electron chi connectivity index (χ3n) is 4.07. The van der Waals surface area contributed by atoms with Crippen molar-refractivity contribution in [3.8, 4) is 11.4 Å². The zero-order valence-electron chi connectivity index (χ0n) is 14.1. The number of nitrogens with zero attached hydrogens (tertiary/aromatic N) is 2. The van der Waals surface area contributed by atoms with Gasteiger partial charge in [-0.1, -0.05) is 22.9 Å². The summed E-state index contributed by atoms with van der Waals surface area (Å²) in [7, 11) is -2.20. The van der Waals surface area contributed by atoms with Crippen molar-refractivity contribution in [1.82, 2.24) is 14.5 Å². The first kappa shape index (κ1) is 19.6. The Morgan fingerprint density at radius 3 is 2.52 bits per heavy atom. The van der Waals surface area contributed by atoms with E-state index >= 15 is 0 Å². The summed E-state index contributed by atoms with van der Waals surface area (Å²) in [6.45, 7) is 1.48. The van der Waals surface area contributed by atoms with Crippen LogP contribution in [-0.2, 0) is 23.1 Å². The molecular weight excluding hydrogens is 451 g/mol. The van der Waals surface area contributed by atoms with Crippen LogP contribution in [0.2, 0.25) is 0 Å². The van der Waals surface area contributed by atoms with Gasteiger partial charge in [0.05, 0.1) is 16.2 Å². The van der Waals surface area contributed by atoms with E-state index in [1.165, 1.54) is 30.7 Å². The van der Waals surface area contributed by atoms with Gasteiger partial charge >= 0.3 is 6.18 Å². The van der Waals surface area contributed by atoms with E-state index < -0.39 is 27.3 Å². The monoisotopic (exact) mass is 463 g/mol. The molecule has 2 aromatic heterocycles. The Hall–Kier alpha value is -2.14. The minimum Gasteiger partial charge on any atom is -0.323 e. The molecule has 2 heterocycles. The highest BCUT2D eigenvalue weighted by Crippen LogP contribution is 2.33. The van der Waals surface area contributed by atoms with Gasteiger partial charge in [-0.25, -0.2) is 13.4 Å². The largest absolute Gasteiger partial charge is 0.431 e. The molecule has 0 bridgehead atoms. The van der Waals surface area contributed by atoms with E-state index in [9.17, 15) is 26.4 Å². The van der Waals surface area contributed by atoms with E-state index in [4.69, 9.17) is 0 Å². The number of hydrogen-bond acceptors (Lipinski definition) is 4. The van der Waals surface area contributed by atoms with Gasteiger partial charge in [0.1, 0.15) is 17.0 Å². The zero-order valence-corrected chi connectivity index (χ0v) is 16.5. The maximum atomic E-state index is 12.9. The zero-order chi connectivity index (χ0) is 20.1. The van der Waals surface area contributed by atoms with Gasteiger partial charge in [0.25, 0.3) is 5.56 Å². The normalized spacial score (nSPS) is 12.7. The number of alkyl halides is 3. The van der Waals surface area contributed by atoms with Gasteiger partial charge in [0.15, 0.2) is 9.84 Å². The van der Waals surface area contributed by atoms with Crippen LogP contribution >= 0.6 is 15.9 Å². The fraction of sp³-hybridized carbons (Fsp3) is 0.250. The Morgan fingerprint density at radius 2 is 1.93 bits per heavy atom. The third-order valence-corrected chi connectivity index (χ3v) is 6.33. The van der Waals surface area contributed by atoms with Crippen molar-refractivity contribution < 1.29 is 21.6 Å². The summed E-state index contributed by atoms with van der Waals surface area (Å²) in [6, 6.07) is 5.22. The lowest BCUT2D eigenvalue weighted by Crippen LogP contribution is -2.17. The van der Waals surface area contributed by atoms with Crippen LogP contribution in [0.4, 0.5) is 13.2 Å². The van der Waals surface area contributed by atoms with Crippen LogP contribution in [0.25, 0.3) is 22.4 Å². The highest BCUT2D eigenvalue weighted by atomic mass is 79.9. The van der Waals surface area contributed by atoms with Gasteiger partial charge in [0, 0.05) is 17.1 Å². The molecule has 0 unspecified atom stereocenters. The first-order valence-electron chi connectivity index (χ1n) is 7.65. The van der Waals surface area contributed by atoms with Gasteiger partial charge in [-0.15, -0.1) is 0 Å². The predicted octanol–water partition coefficient (Wildman–Crippen LogP) is 3.50. The molecule has 1 N–H and O–H groups in total. The number of hydrogen-bond donors (Lipinski definition) is 1. The van der Waals surface area contributed by atoms with Gasteiger partial charge in [0.2, 0.25) is 0 Å². The Balaban J connectivity index is 2.36. The molecule has 0 fully saturated rings. The van der Waals surface area contributed by atoms with Gasteiger partial charge in [-0.05, 0) is 24.3 Å². The van der Waals surface area contributed by atoms with E-state index in [1.807, 2.05) is 0 Å². The maximum Gasteiger partial charge on any atom is 0.431 e. The van der Waals surface area contributed by atoms with E-state index in [0.717, 1.165) is 6.07 Å². The highest BCUT2D eigenvalue weighted by Gasteiger charge is 2.33. The van der Waals surface area contributed by atoms with Crippen molar-refractivity contribution in [3.63, 3.8) is 0 Å². The Kier molecular flexibility index (Phi) is 4.71. The molecule has 0 saturated heterocycles. The lowest BCUT2D eigenvalue weighted by atomic mass is 10.2. The van der Waals surface area contributed by atoms with Crippen molar-refractivity contribution in [1.29, 1.82) is 0 Å². The Morgan fingerprint density at radius 1 is 1.26 bits per heavy atom. The second kappa shape index (κ2) is 6.48. The lowest BCUT2D eigenvalue weighted by molar-refractivity contribution is -0.141. The first-order valence-corrected chi connectivity index (χ1v) is 10.1. The van der Waals surface area contributed by atoms with Crippen molar-refractivity contribution in [2.24, 2.45) is 7.05 Å². The molecule has 11 heteroatoms. The van der Waals surface area contributed by atoms with E-state index in [2.05, 4.69) is 20.9 Å². The number of aryl methyl sites for hydroxylation is 1. The molecule has 0 aliphatic heterocycles. The van der Waals surface area contributed by atoms with Crippen LogP contribution in [0, 0.1) is 0 Å².